The average Bonchev–Trinajstić information content (AvgIpc) is 2.87. The lowest BCUT2D eigenvalue weighted by Gasteiger charge is -2.08. The lowest BCUT2D eigenvalue weighted by Crippen LogP contribution is -2.14. The molecule has 0 aliphatic rings. The Balaban J connectivity index is 2.02. The number of carbonyl (C=O) groups is 2. The summed E-state index contributed by atoms with van der Waals surface area (Å²) in [5.74, 6) is -0.823. The van der Waals surface area contributed by atoms with E-state index in [0.29, 0.717) is 5.75 Å². The number of hydrogen-bond donors (Lipinski definition) is 2. The van der Waals surface area contributed by atoms with E-state index in [0.717, 1.165) is 23.9 Å². The normalized spacial score (nSPS) is 11.1. The van der Waals surface area contributed by atoms with Crippen LogP contribution >= 0.6 is 0 Å². The van der Waals surface area contributed by atoms with Crippen molar-refractivity contribution in [3.8, 4) is 5.75 Å². The largest absolute Gasteiger partial charge is 0.481 e. The molecule has 2 rings (SSSR count). The van der Waals surface area contributed by atoms with Gasteiger partial charge < -0.3 is 19.7 Å². The van der Waals surface area contributed by atoms with Gasteiger partial charge in [0.2, 0.25) is 0 Å². The molecule has 0 aliphatic carbocycles. The molecule has 1 heterocycles. The molecule has 6 nitrogen and oxygen atoms in total. The van der Waals surface area contributed by atoms with Gasteiger partial charge in [-0.05, 0) is 50.7 Å². The molecule has 0 radical (unpaired) electrons. The van der Waals surface area contributed by atoms with Crippen LogP contribution < -0.4 is 4.74 Å². The fourth-order valence-electron chi connectivity index (χ4n) is 2.34. The van der Waals surface area contributed by atoms with Crippen LogP contribution in [0.5, 0.6) is 5.75 Å². The van der Waals surface area contributed by atoms with Crippen LogP contribution in [0.3, 0.4) is 0 Å². The van der Waals surface area contributed by atoms with E-state index in [9.17, 15) is 9.59 Å². The summed E-state index contributed by atoms with van der Waals surface area (Å²) in [6, 6.07) is 5.48. The van der Waals surface area contributed by atoms with Gasteiger partial charge in [-0.1, -0.05) is 0 Å². The van der Waals surface area contributed by atoms with Crippen molar-refractivity contribution < 1.29 is 19.4 Å². The van der Waals surface area contributed by atoms with Crippen LogP contribution in [0.4, 0.5) is 0 Å². The second-order valence-corrected chi connectivity index (χ2v) is 5.80. The number of aromatic nitrogens is 1. The van der Waals surface area contributed by atoms with E-state index in [2.05, 4.69) is 9.88 Å². The Labute approximate surface area is 135 Å². The first-order valence-electron chi connectivity index (χ1n) is 7.63. The molecule has 1 aromatic carbocycles. The first kappa shape index (κ1) is 17.0. The predicted octanol–water partition coefficient (Wildman–Crippen LogP) is 2.43. The summed E-state index contributed by atoms with van der Waals surface area (Å²) in [5.41, 5.74) is 2.18. The van der Waals surface area contributed by atoms with E-state index in [1.165, 1.54) is 5.56 Å². The highest BCUT2D eigenvalue weighted by molar-refractivity contribution is 5.85. The Morgan fingerprint density at radius 2 is 2.04 bits per heavy atom. The molecule has 0 aliphatic heterocycles. The summed E-state index contributed by atoms with van der Waals surface area (Å²) in [7, 11) is 4.05. The van der Waals surface area contributed by atoms with Crippen LogP contribution in [0.25, 0.3) is 10.9 Å². The number of ether oxygens (including phenoxy) is 1. The zero-order valence-corrected chi connectivity index (χ0v) is 13.5. The van der Waals surface area contributed by atoms with Crippen LogP contribution in [0, 0.1) is 0 Å². The van der Waals surface area contributed by atoms with Gasteiger partial charge in [-0.3, -0.25) is 9.59 Å². The molecule has 2 N–H and O–H groups in total. The second-order valence-electron chi connectivity index (χ2n) is 5.80. The van der Waals surface area contributed by atoms with Crippen molar-refractivity contribution in [3.05, 3.63) is 30.0 Å². The minimum absolute atomic E-state index is 0.0272. The van der Waals surface area contributed by atoms with Crippen LogP contribution in [-0.4, -0.2) is 47.6 Å². The number of nitrogens with zero attached hydrogens (tertiary/aromatic N) is 1. The first-order chi connectivity index (χ1) is 11.0. The van der Waals surface area contributed by atoms with Crippen LogP contribution in [0.1, 0.15) is 24.8 Å². The number of likely N-dealkylation sites (N-methyl/N-ethyl adjacent to an activating group) is 1. The summed E-state index contributed by atoms with van der Waals surface area (Å²) in [4.78, 5) is 27.5. The molecular formula is C17H22N2O4. The molecule has 0 atom stereocenters. The number of aromatic amines is 1. The van der Waals surface area contributed by atoms with E-state index in [1.54, 1.807) is 6.07 Å². The highest BCUT2D eigenvalue weighted by atomic mass is 16.5. The zero-order chi connectivity index (χ0) is 16.8. The summed E-state index contributed by atoms with van der Waals surface area (Å²) in [5, 5.41) is 9.62. The topological polar surface area (TPSA) is 82.6 Å². The number of carboxylic acids is 1. The van der Waals surface area contributed by atoms with Crippen molar-refractivity contribution in [2.45, 2.75) is 25.7 Å². The number of carbonyl (C=O) groups excluding carboxylic acids is 1. The molecule has 23 heavy (non-hydrogen) atoms. The highest BCUT2D eigenvalue weighted by Crippen LogP contribution is 2.24. The smallest absolute Gasteiger partial charge is 0.311 e. The average molecular weight is 318 g/mol. The molecule has 0 saturated heterocycles. The molecule has 1 aromatic heterocycles. The minimum Gasteiger partial charge on any atom is -0.481 e. The Kier molecular flexibility index (Phi) is 5.76. The number of aliphatic carboxylic acids is 1. The summed E-state index contributed by atoms with van der Waals surface area (Å²) < 4.78 is 5.30. The summed E-state index contributed by atoms with van der Waals surface area (Å²) in [6.45, 7) is 0.937. The predicted molar refractivity (Wildman–Crippen MR) is 87.7 cm³/mol. The number of benzene rings is 1. The van der Waals surface area contributed by atoms with Crippen LogP contribution in [0.2, 0.25) is 0 Å². The van der Waals surface area contributed by atoms with Gasteiger partial charge in [0.15, 0.2) is 0 Å². The fourth-order valence-corrected chi connectivity index (χ4v) is 2.34. The van der Waals surface area contributed by atoms with Gasteiger partial charge in [0.25, 0.3) is 0 Å². The third kappa shape index (κ3) is 5.10. The quantitative estimate of drug-likeness (QED) is 0.577. The van der Waals surface area contributed by atoms with Crippen molar-refractivity contribution >= 4 is 22.8 Å². The van der Waals surface area contributed by atoms with E-state index in [-0.39, 0.29) is 19.3 Å². The number of esters is 1. The van der Waals surface area contributed by atoms with Crippen molar-refractivity contribution in [2.75, 3.05) is 20.6 Å². The molecule has 0 spiro atoms. The lowest BCUT2D eigenvalue weighted by atomic mass is 10.1. The van der Waals surface area contributed by atoms with Gasteiger partial charge in [-0.2, -0.15) is 0 Å². The Hall–Kier alpha value is -2.34. The summed E-state index contributed by atoms with van der Waals surface area (Å²) >= 11 is 0. The number of H-pyrrole nitrogens is 1. The van der Waals surface area contributed by atoms with E-state index >= 15 is 0 Å². The number of carboxylic acid groups (broad SMARTS) is 1. The van der Waals surface area contributed by atoms with Crippen LogP contribution in [0.15, 0.2) is 24.4 Å². The lowest BCUT2D eigenvalue weighted by molar-refractivity contribution is -0.137. The maximum Gasteiger partial charge on any atom is 0.311 e. The van der Waals surface area contributed by atoms with Crippen molar-refractivity contribution in [1.82, 2.24) is 9.88 Å². The van der Waals surface area contributed by atoms with Gasteiger partial charge >= 0.3 is 11.9 Å². The van der Waals surface area contributed by atoms with E-state index in [1.807, 2.05) is 32.4 Å². The SMILES string of the molecule is CN(C)CCc1c[nH]c2ccc(OC(=O)CCCC(=O)O)cc12. The zero-order valence-electron chi connectivity index (χ0n) is 13.5. The Morgan fingerprint density at radius 1 is 1.26 bits per heavy atom. The van der Waals surface area contributed by atoms with Crippen molar-refractivity contribution in [1.29, 1.82) is 0 Å². The van der Waals surface area contributed by atoms with E-state index in [4.69, 9.17) is 9.84 Å². The highest BCUT2D eigenvalue weighted by Gasteiger charge is 2.09. The second kappa shape index (κ2) is 7.78. The Bertz CT molecular complexity index is 691. The first-order valence-corrected chi connectivity index (χ1v) is 7.63. The molecule has 0 bridgehead atoms. The van der Waals surface area contributed by atoms with Gasteiger partial charge in [-0.25, -0.2) is 0 Å². The standard InChI is InChI=1S/C17H22N2O4/c1-19(2)9-8-12-11-18-15-7-6-13(10-14(12)15)23-17(22)5-3-4-16(20)21/h6-7,10-11,18H,3-5,8-9H2,1-2H3,(H,20,21). The molecule has 0 amide bonds. The molecule has 6 heteroatoms. The third-order valence-electron chi connectivity index (χ3n) is 3.57. The molecule has 0 fully saturated rings. The third-order valence-corrected chi connectivity index (χ3v) is 3.57. The van der Waals surface area contributed by atoms with Crippen molar-refractivity contribution in [3.63, 3.8) is 0 Å². The van der Waals surface area contributed by atoms with Gasteiger partial charge in [0, 0.05) is 36.5 Å². The molecule has 124 valence electrons. The van der Waals surface area contributed by atoms with Crippen LogP contribution in [-0.2, 0) is 16.0 Å². The number of nitrogens with one attached hydrogen (secondary N) is 1. The van der Waals surface area contributed by atoms with Gasteiger partial charge in [0.1, 0.15) is 5.75 Å². The number of hydrogen-bond acceptors (Lipinski definition) is 4. The summed E-state index contributed by atoms with van der Waals surface area (Å²) in [6.07, 6.45) is 3.25. The molecular weight excluding hydrogens is 296 g/mol. The monoisotopic (exact) mass is 318 g/mol. The molecule has 0 saturated carbocycles. The van der Waals surface area contributed by atoms with E-state index < -0.39 is 11.9 Å². The molecule has 2 aromatic rings. The minimum atomic E-state index is -0.905. The number of rotatable bonds is 8. The number of fused-ring (bicyclic) bond motifs is 1. The Morgan fingerprint density at radius 3 is 2.74 bits per heavy atom. The molecule has 0 unspecified atom stereocenters. The fraction of sp³-hybridized carbons (Fsp3) is 0.412. The maximum absolute atomic E-state index is 11.7. The maximum atomic E-state index is 11.7. The van der Waals surface area contributed by atoms with Gasteiger partial charge in [0.05, 0.1) is 0 Å². The van der Waals surface area contributed by atoms with Crippen molar-refractivity contribution in [2.24, 2.45) is 0 Å². The van der Waals surface area contributed by atoms with Gasteiger partial charge in [-0.15, -0.1) is 0 Å².